The lowest BCUT2D eigenvalue weighted by Crippen LogP contribution is -2.40. The minimum atomic E-state index is -0.318. The van der Waals surface area contributed by atoms with Crippen molar-refractivity contribution < 1.29 is 13.9 Å². The van der Waals surface area contributed by atoms with E-state index in [-0.39, 0.29) is 17.8 Å². The number of halogens is 1. The van der Waals surface area contributed by atoms with Gasteiger partial charge < -0.3 is 15.0 Å². The monoisotopic (exact) mass is 336 g/mol. The fraction of sp³-hybridized carbons (Fsp3) is 0.632. The van der Waals surface area contributed by atoms with Gasteiger partial charge in [0, 0.05) is 25.3 Å². The lowest BCUT2D eigenvalue weighted by molar-refractivity contribution is 0.00932. The summed E-state index contributed by atoms with van der Waals surface area (Å²) in [5.74, 6) is -0.354. The molecule has 5 heteroatoms. The van der Waals surface area contributed by atoms with E-state index in [9.17, 15) is 9.18 Å². The summed E-state index contributed by atoms with van der Waals surface area (Å²) in [5.41, 5.74) is 0.543. The second-order valence-electron chi connectivity index (χ2n) is 6.53. The average molecular weight is 336 g/mol. The molecule has 1 N–H and O–H groups in total. The first-order valence-corrected chi connectivity index (χ1v) is 8.90. The number of hydrogen-bond donors (Lipinski definition) is 1. The third-order valence-corrected chi connectivity index (χ3v) is 4.78. The van der Waals surface area contributed by atoms with Gasteiger partial charge in [0.2, 0.25) is 0 Å². The Balaban J connectivity index is 1.73. The summed E-state index contributed by atoms with van der Waals surface area (Å²) in [5, 5.41) is 3.14. The van der Waals surface area contributed by atoms with E-state index in [4.69, 9.17) is 4.74 Å². The van der Waals surface area contributed by atoms with Crippen LogP contribution in [0, 0.1) is 5.82 Å². The molecule has 0 unspecified atom stereocenters. The van der Waals surface area contributed by atoms with Crippen molar-refractivity contribution in [2.75, 3.05) is 27.2 Å². The van der Waals surface area contributed by atoms with E-state index >= 15 is 0 Å². The van der Waals surface area contributed by atoms with E-state index in [1.807, 2.05) is 14.1 Å². The van der Waals surface area contributed by atoms with Gasteiger partial charge in [-0.25, -0.2) is 4.39 Å². The predicted molar refractivity (Wildman–Crippen MR) is 93.7 cm³/mol. The Hall–Kier alpha value is -1.46. The van der Waals surface area contributed by atoms with Gasteiger partial charge in [-0.1, -0.05) is 0 Å². The maximum atomic E-state index is 13.0. The zero-order valence-electron chi connectivity index (χ0n) is 14.8. The number of ether oxygens (including phenoxy) is 1. The van der Waals surface area contributed by atoms with Crippen molar-refractivity contribution in [1.29, 1.82) is 0 Å². The molecule has 1 aliphatic rings. The Morgan fingerprint density at radius 1 is 1.21 bits per heavy atom. The van der Waals surface area contributed by atoms with Crippen molar-refractivity contribution in [3.8, 4) is 0 Å². The van der Waals surface area contributed by atoms with Gasteiger partial charge in [0.25, 0.3) is 5.91 Å². The third kappa shape index (κ3) is 5.56. The largest absolute Gasteiger partial charge is 0.378 e. The summed E-state index contributed by atoms with van der Waals surface area (Å²) in [6, 6.07) is 6.01. The number of amides is 1. The van der Waals surface area contributed by atoms with Crippen LogP contribution < -0.4 is 5.32 Å². The van der Waals surface area contributed by atoms with Crippen LogP contribution >= 0.6 is 0 Å². The molecule has 0 heterocycles. The smallest absolute Gasteiger partial charge is 0.253 e. The van der Waals surface area contributed by atoms with Crippen LogP contribution in [-0.4, -0.2) is 50.2 Å². The molecule has 1 aromatic rings. The lowest BCUT2D eigenvalue weighted by Gasteiger charge is -2.34. The van der Waals surface area contributed by atoms with Crippen molar-refractivity contribution in [3.05, 3.63) is 35.6 Å². The Morgan fingerprint density at radius 3 is 2.50 bits per heavy atom. The van der Waals surface area contributed by atoms with Crippen molar-refractivity contribution in [2.24, 2.45) is 0 Å². The molecule has 4 nitrogen and oxygen atoms in total. The molecule has 1 amide bonds. The van der Waals surface area contributed by atoms with E-state index in [1.165, 1.54) is 12.1 Å². The predicted octanol–water partition coefficient (Wildman–Crippen LogP) is 3.23. The maximum absolute atomic E-state index is 13.0. The molecule has 0 aromatic heterocycles. The molecule has 24 heavy (non-hydrogen) atoms. The summed E-state index contributed by atoms with van der Waals surface area (Å²) >= 11 is 0. The molecule has 1 saturated carbocycles. The van der Waals surface area contributed by atoms with Crippen LogP contribution in [-0.2, 0) is 4.74 Å². The molecule has 1 aromatic carbocycles. The number of carbonyl (C=O) groups is 1. The topological polar surface area (TPSA) is 41.6 Å². The Labute approximate surface area is 144 Å². The quantitative estimate of drug-likeness (QED) is 0.741. The summed E-state index contributed by atoms with van der Waals surface area (Å²) in [4.78, 5) is 14.3. The second kappa shape index (κ2) is 9.74. The second-order valence-corrected chi connectivity index (χ2v) is 6.53. The van der Waals surface area contributed by atoms with Crippen molar-refractivity contribution in [3.63, 3.8) is 0 Å². The number of hydrogen-bond acceptors (Lipinski definition) is 3. The molecule has 0 spiro atoms. The zero-order chi connectivity index (χ0) is 17.4. The molecule has 0 atom stereocenters. The molecular formula is C19H29FN2O2. The number of rotatable bonds is 8. The molecule has 1 aliphatic carbocycles. The number of carbonyl (C=O) groups excluding carboxylic acids is 1. The van der Waals surface area contributed by atoms with Crippen molar-refractivity contribution in [1.82, 2.24) is 10.2 Å². The number of unbranched alkanes of at least 4 members (excludes halogenated alkanes) is 1. The normalized spacial score (nSPS) is 20.8. The standard InChI is InChI=1S/C19H29FN2O2/c1-21-13-3-4-14-24-18-11-9-17(10-12-18)22(2)19(23)15-5-7-16(20)8-6-15/h5-8,17-18,21H,3-4,9-14H2,1-2H3/t17-,18-. The van der Waals surface area contributed by atoms with Crippen LogP contribution in [0.1, 0.15) is 48.9 Å². The van der Waals surface area contributed by atoms with E-state index in [2.05, 4.69) is 5.32 Å². The van der Waals surface area contributed by atoms with Crippen LogP contribution in [0.4, 0.5) is 4.39 Å². The van der Waals surface area contributed by atoms with Gasteiger partial charge in [0.05, 0.1) is 6.10 Å². The molecule has 134 valence electrons. The van der Waals surface area contributed by atoms with Crippen molar-refractivity contribution in [2.45, 2.75) is 50.7 Å². The SMILES string of the molecule is CNCCCCO[C@H]1CC[C@H](N(C)C(=O)c2ccc(F)cc2)CC1. The van der Waals surface area contributed by atoms with E-state index in [1.54, 1.807) is 17.0 Å². The van der Waals surface area contributed by atoms with Gasteiger partial charge in [-0.05, 0) is 76.4 Å². The first-order chi connectivity index (χ1) is 11.6. The fourth-order valence-electron chi connectivity index (χ4n) is 3.21. The van der Waals surface area contributed by atoms with Crippen LogP contribution in [0.15, 0.2) is 24.3 Å². The Kier molecular flexibility index (Phi) is 7.66. The average Bonchev–Trinajstić information content (AvgIpc) is 2.61. The lowest BCUT2D eigenvalue weighted by atomic mass is 9.91. The molecule has 0 bridgehead atoms. The van der Waals surface area contributed by atoms with E-state index in [0.29, 0.717) is 11.7 Å². The number of benzene rings is 1. The van der Waals surface area contributed by atoms with Gasteiger partial charge >= 0.3 is 0 Å². The minimum absolute atomic E-state index is 0.0357. The zero-order valence-corrected chi connectivity index (χ0v) is 14.8. The minimum Gasteiger partial charge on any atom is -0.378 e. The molecule has 2 rings (SSSR count). The fourth-order valence-corrected chi connectivity index (χ4v) is 3.21. The first-order valence-electron chi connectivity index (χ1n) is 8.90. The summed E-state index contributed by atoms with van der Waals surface area (Å²) in [6.45, 7) is 1.85. The molecule has 0 radical (unpaired) electrons. The Bertz CT molecular complexity index is 499. The molecule has 0 aliphatic heterocycles. The number of nitrogens with one attached hydrogen (secondary N) is 1. The van der Waals surface area contributed by atoms with E-state index < -0.39 is 0 Å². The van der Waals surface area contributed by atoms with Gasteiger partial charge in [0.1, 0.15) is 5.82 Å². The first kappa shape index (κ1) is 18.9. The van der Waals surface area contributed by atoms with Gasteiger partial charge in [-0.3, -0.25) is 4.79 Å². The van der Waals surface area contributed by atoms with Gasteiger partial charge in [-0.15, -0.1) is 0 Å². The van der Waals surface area contributed by atoms with Crippen LogP contribution in [0.5, 0.6) is 0 Å². The van der Waals surface area contributed by atoms with Crippen LogP contribution in [0.25, 0.3) is 0 Å². The summed E-state index contributed by atoms with van der Waals surface area (Å²) in [6.07, 6.45) is 6.47. The van der Waals surface area contributed by atoms with Gasteiger partial charge in [0.15, 0.2) is 0 Å². The van der Waals surface area contributed by atoms with Gasteiger partial charge in [-0.2, -0.15) is 0 Å². The summed E-state index contributed by atoms with van der Waals surface area (Å²) < 4.78 is 18.9. The molecular weight excluding hydrogens is 307 g/mol. The molecule has 0 saturated heterocycles. The van der Waals surface area contributed by atoms with Crippen molar-refractivity contribution >= 4 is 5.91 Å². The highest BCUT2D eigenvalue weighted by Crippen LogP contribution is 2.25. The highest BCUT2D eigenvalue weighted by Gasteiger charge is 2.27. The summed E-state index contributed by atoms with van der Waals surface area (Å²) in [7, 11) is 3.81. The van der Waals surface area contributed by atoms with Crippen LogP contribution in [0.3, 0.4) is 0 Å². The van der Waals surface area contributed by atoms with Crippen LogP contribution in [0.2, 0.25) is 0 Å². The Morgan fingerprint density at radius 2 is 1.88 bits per heavy atom. The maximum Gasteiger partial charge on any atom is 0.253 e. The molecule has 1 fully saturated rings. The highest BCUT2D eigenvalue weighted by molar-refractivity contribution is 5.94. The third-order valence-electron chi connectivity index (χ3n) is 4.78. The highest BCUT2D eigenvalue weighted by atomic mass is 19.1. The number of nitrogens with zero attached hydrogens (tertiary/aromatic N) is 1. The van der Waals surface area contributed by atoms with E-state index in [0.717, 1.165) is 51.7 Å².